The second-order valence-electron chi connectivity index (χ2n) is 9.26. The molecule has 4 rings (SSSR count). The van der Waals surface area contributed by atoms with E-state index in [9.17, 15) is 0 Å². The lowest BCUT2D eigenvalue weighted by Crippen LogP contribution is -2.24. The quantitative estimate of drug-likeness (QED) is 0.218. The molecule has 2 aliphatic rings. The summed E-state index contributed by atoms with van der Waals surface area (Å²) >= 11 is 3.14. The standard InChI is InChI=1S/C15H17N3S.C12H12N2S/c1-6-15(2)9-7-8-11-12(15)13(16-3)14(19-11)17-10-18(4)5;1-4-12(2)7-5-6-8-9(12)10(14-3)11(13)15-8/h1,10H,7-9H2,2,4-5H3;1H,5-7,13H2,2H3/t15-;12-/m00/s1. The van der Waals surface area contributed by atoms with Gasteiger partial charge in [0.25, 0.3) is 0 Å². The first-order valence-corrected chi connectivity index (χ1v) is 12.8. The topological polar surface area (TPSA) is 50.3 Å². The molecule has 2 N–H and O–H groups in total. The van der Waals surface area contributed by atoms with E-state index in [1.165, 1.54) is 21.1 Å². The van der Waals surface area contributed by atoms with E-state index in [1.807, 2.05) is 25.9 Å². The lowest BCUT2D eigenvalue weighted by Gasteiger charge is -2.29. The minimum absolute atomic E-state index is 0.290. The third-order valence-electron chi connectivity index (χ3n) is 6.45. The van der Waals surface area contributed by atoms with Crippen LogP contribution >= 0.6 is 22.7 Å². The Morgan fingerprint density at radius 2 is 1.47 bits per heavy atom. The molecule has 5 nitrogen and oxygen atoms in total. The van der Waals surface area contributed by atoms with Crippen LogP contribution < -0.4 is 5.73 Å². The van der Waals surface area contributed by atoms with Gasteiger partial charge in [0.1, 0.15) is 5.00 Å². The monoisotopic (exact) mass is 487 g/mol. The van der Waals surface area contributed by atoms with E-state index in [1.54, 1.807) is 17.7 Å². The summed E-state index contributed by atoms with van der Waals surface area (Å²) in [5.74, 6) is 5.72. The second kappa shape index (κ2) is 9.95. The van der Waals surface area contributed by atoms with Gasteiger partial charge in [0, 0.05) is 24.9 Å². The van der Waals surface area contributed by atoms with E-state index in [2.05, 4.69) is 33.4 Å². The summed E-state index contributed by atoms with van der Waals surface area (Å²) in [6.45, 7) is 18.7. The Hall–Kier alpha value is -3.23. The van der Waals surface area contributed by atoms with Gasteiger partial charge in [-0.05, 0) is 73.3 Å². The lowest BCUT2D eigenvalue weighted by molar-refractivity contribution is 0.505. The number of aryl methyl sites for hydroxylation is 2. The van der Waals surface area contributed by atoms with Crippen molar-refractivity contribution >= 4 is 50.4 Å². The van der Waals surface area contributed by atoms with Gasteiger partial charge >= 0.3 is 0 Å². The molecule has 2 aromatic rings. The first kappa shape index (κ1) is 25.4. The van der Waals surface area contributed by atoms with Crippen LogP contribution in [0.2, 0.25) is 0 Å². The molecule has 2 heterocycles. The molecule has 0 unspecified atom stereocenters. The molecule has 0 saturated heterocycles. The van der Waals surface area contributed by atoms with Crippen molar-refractivity contribution in [1.82, 2.24) is 4.90 Å². The first-order valence-electron chi connectivity index (χ1n) is 11.1. The Balaban J connectivity index is 0.000000196. The number of hydrogen-bond donors (Lipinski definition) is 1. The number of hydrogen-bond acceptors (Lipinski definition) is 4. The van der Waals surface area contributed by atoms with Gasteiger partial charge in [-0.3, -0.25) is 0 Å². The van der Waals surface area contributed by atoms with Crippen LogP contribution in [0, 0.1) is 37.8 Å². The number of nitrogen functional groups attached to an aromatic ring is 1. The van der Waals surface area contributed by atoms with Crippen LogP contribution in [0.1, 0.15) is 60.4 Å². The van der Waals surface area contributed by atoms with Crippen LogP contribution in [0.3, 0.4) is 0 Å². The van der Waals surface area contributed by atoms with E-state index in [0.29, 0.717) is 16.4 Å². The highest BCUT2D eigenvalue weighted by atomic mass is 32.1. The van der Waals surface area contributed by atoms with Gasteiger partial charge < -0.3 is 10.6 Å². The molecule has 2 aromatic heterocycles. The van der Waals surface area contributed by atoms with Gasteiger partial charge in [0.05, 0.1) is 24.5 Å². The molecule has 0 aliphatic heterocycles. The van der Waals surface area contributed by atoms with Crippen molar-refractivity contribution in [2.45, 2.75) is 63.2 Å². The Kier molecular flexibility index (Phi) is 7.43. The molecule has 0 bridgehead atoms. The Morgan fingerprint density at radius 3 is 1.94 bits per heavy atom. The number of terminal acetylenes is 2. The fourth-order valence-electron chi connectivity index (χ4n) is 4.65. The Labute approximate surface area is 211 Å². The number of aliphatic imine (C=N–C) groups is 1. The van der Waals surface area contributed by atoms with E-state index in [-0.39, 0.29) is 10.8 Å². The molecule has 0 fully saturated rings. The average molecular weight is 488 g/mol. The van der Waals surface area contributed by atoms with E-state index < -0.39 is 0 Å². The predicted molar refractivity (Wildman–Crippen MR) is 146 cm³/mol. The fourth-order valence-corrected chi connectivity index (χ4v) is 7.07. The number of rotatable bonds is 2. The van der Waals surface area contributed by atoms with Crippen LogP contribution in [0.25, 0.3) is 9.69 Å². The summed E-state index contributed by atoms with van der Waals surface area (Å²) in [4.78, 5) is 16.0. The maximum atomic E-state index is 7.45. The molecule has 7 heteroatoms. The summed E-state index contributed by atoms with van der Waals surface area (Å²) in [5, 5.41) is 1.41. The van der Waals surface area contributed by atoms with Crippen molar-refractivity contribution < 1.29 is 0 Å². The van der Waals surface area contributed by atoms with Crippen LogP contribution in [-0.4, -0.2) is 25.3 Å². The summed E-state index contributed by atoms with van der Waals surface area (Å²) in [5.41, 5.74) is 8.56. The number of nitrogens with zero attached hydrogens (tertiary/aromatic N) is 4. The van der Waals surface area contributed by atoms with Crippen LogP contribution in [0.5, 0.6) is 0 Å². The summed E-state index contributed by atoms with van der Waals surface area (Å²) < 4.78 is 0. The van der Waals surface area contributed by atoms with Gasteiger partial charge in [-0.1, -0.05) is 11.8 Å². The van der Waals surface area contributed by atoms with Gasteiger partial charge in [0.15, 0.2) is 0 Å². The smallest absolute Gasteiger partial charge is 0.227 e. The normalized spacial score (nSPS) is 22.7. The molecule has 0 radical (unpaired) electrons. The van der Waals surface area contributed by atoms with Gasteiger partial charge in [-0.15, -0.1) is 35.5 Å². The van der Waals surface area contributed by atoms with Crippen LogP contribution in [-0.2, 0) is 23.7 Å². The first-order chi connectivity index (χ1) is 16.1. The van der Waals surface area contributed by atoms with Crippen molar-refractivity contribution in [2.24, 2.45) is 4.99 Å². The van der Waals surface area contributed by atoms with Crippen molar-refractivity contribution in [3.63, 3.8) is 0 Å². The van der Waals surface area contributed by atoms with Crippen molar-refractivity contribution in [1.29, 1.82) is 0 Å². The lowest BCUT2D eigenvalue weighted by atomic mass is 9.74. The number of thiophene rings is 2. The minimum Gasteiger partial charge on any atom is -0.399 e. The zero-order valence-corrected chi connectivity index (χ0v) is 21.8. The highest BCUT2D eigenvalue weighted by Gasteiger charge is 2.36. The zero-order chi connectivity index (χ0) is 25.1. The molecule has 0 amide bonds. The number of fused-ring (bicyclic) bond motifs is 2. The molecule has 0 spiro atoms. The molecule has 0 aromatic carbocycles. The molecular formula is C27H29N5S2. The molecule has 0 saturated carbocycles. The average Bonchev–Trinajstić information content (AvgIpc) is 3.36. The highest BCUT2D eigenvalue weighted by molar-refractivity contribution is 7.17. The van der Waals surface area contributed by atoms with Crippen molar-refractivity contribution in [3.8, 4) is 24.7 Å². The van der Waals surface area contributed by atoms with Crippen LogP contribution in [0.4, 0.5) is 21.4 Å². The minimum atomic E-state index is -0.310. The summed E-state index contributed by atoms with van der Waals surface area (Å²) in [6, 6.07) is 0. The largest absolute Gasteiger partial charge is 0.399 e. The molecule has 34 heavy (non-hydrogen) atoms. The summed E-state index contributed by atoms with van der Waals surface area (Å²) in [7, 11) is 3.83. The van der Waals surface area contributed by atoms with Gasteiger partial charge in [-0.25, -0.2) is 14.7 Å². The van der Waals surface area contributed by atoms with E-state index >= 15 is 0 Å². The maximum absolute atomic E-state index is 7.45. The van der Waals surface area contributed by atoms with E-state index in [4.69, 9.17) is 31.7 Å². The summed E-state index contributed by atoms with van der Waals surface area (Å²) in [6.07, 6.45) is 19.1. The number of nitrogens with two attached hydrogens (primary N) is 1. The fraction of sp³-hybridized carbons (Fsp3) is 0.444. The molecular weight excluding hydrogens is 458 g/mol. The van der Waals surface area contributed by atoms with Crippen molar-refractivity contribution in [2.75, 3.05) is 19.8 Å². The molecule has 174 valence electrons. The van der Waals surface area contributed by atoms with Crippen molar-refractivity contribution in [3.05, 3.63) is 43.7 Å². The van der Waals surface area contributed by atoms with Gasteiger partial charge in [0.2, 0.25) is 11.4 Å². The Bertz CT molecular complexity index is 1280. The second-order valence-corrected chi connectivity index (χ2v) is 11.5. The third kappa shape index (κ3) is 4.56. The SMILES string of the molecule is [C-]#[N+]c1c(N)sc2c1[C@@](C)(C#C)CCC2.[C-]#[N+]c1c(N=CN(C)C)sc2c1[C@@](C)(C#C)CCC2. The van der Waals surface area contributed by atoms with E-state index in [0.717, 1.165) is 54.7 Å². The van der Waals surface area contributed by atoms with Crippen LogP contribution in [0.15, 0.2) is 4.99 Å². The van der Waals surface area contributed by atoms with Gasteiger partial charge in [-0.2, -0.15) is 0 Å². The highest BCUT2D eigenvalue weighted by Crippen LogP contribution is 2.52. The predicted octanol–water partition coefficient (Wildman–Crippen LogP) is 6.86. The Morgan fingerprint density at radius 1 is 0.971 bits per heavy atom. The third-order valence-corrected chi connectivity index (χ3v) is 8.67. The number of anilines is 1. The molecule has 2 atom stereocenters. The molecule has 2 aliphatic carbocycles. The maximum Gasteiger partial charge on any atom is 0.227 e. The zero-order valence-electron chi connectivity index (χ0n) is 20.2.